The van der Waals surface area contributed by atoms with Crippen LogP contribution in [0.3, 0.4) is 0 Å². The summed E-state index contributed by atoms with van der Waals surface area (Å²) in [4.78, 5) is 0. The lowest BCUT2D eigenvalue weighted by Gasteiger charge is -2.23. The third-order valence-electron chi connectivity index (χ3n) is 4.11. The van der Waals surface area contributed by atoms with E-state index in [1.165, 1.54) is 25.3 Å². The normalized spacial score (nSPS) is 12.0. The molecule has 122 valence electrons. The predicted molar refractivity (Wildman–Crippen MR) is 88.8 cm³/mol. The van der Waals surface area contributed by atoms with E-state index in [1.54, 1.807) is 0 Å². The fourth-order valence-electron chi connectivity index (χ4n) is 2.84. The molecule has 0 saturated carbocycles. The van der Waals surface area contributed by atoms with E-state index in [4.69, 9.17) is 9.47 Å². The first-order valence-electron chi connectivity index (χ1n) is 8.23. The number of hydrogen-bond donors (Lipinski definition) is 2. The van der Waals surface area contributed by atoms with Crippen molar-refractivity contribution < 1.29 is 19.7 Å². The second-order valence-electron chi connectivity index (χ2n) is 5.87. The lowest BCUT2D eigenvalue weighted by atomic mass is 10.0. The van der Waals surface area contributed by atoms with Crippen molar-refractivity contribution in [1.82, 2.24) is 0 Å². The molecule has 4 heteroatoms. The van der Waals surface area contributed by atoms with Gasteiger partial charge in [0.15, 0.2) is 34.5 Å². The van der Waals surface area contributed by atoms with Crippen molar-refractivity contribution in [2.24, 2.45) is 0 Å². The zero-order chi connectivity index (χ0) is 16.2. The quantitative estimate of drug-likeness (QED) is 0.465. The van der Waals surface area contributed by atoms with Crippen LogP contribution in [-0.2, 0) is 6.42 Å². The Labute approximate surface area is 136 Å². The Morgan fingerprint density at radius 2 is 1.57 bits per heavy atom. The highest BCUT2D eigenvalue weighted by atomic mass is 16.6. The van der Waals surface area contributed by atoms with E-state index in [1.807, 2.05) is 24.3 Å². The molecule has 0 saturated heterocycles. The highest BCUT2D eigenvalue weighted by Gasteiger charge is 2.25. The molecule has 0 amide bonds. The summed E-state index contributed by atoms with van der Waals surface area (Å²) in [6.45, 7) is 2.18. The molecule has 0 radical (unpaired) electrons. The lowest BCUT2D eigenvalue weighted by molar-refractivity contribution is 0.340. The molecule has 0 unspecified atom stereocenters. The fourth-order valence-corrected chi connectivity index (χ4v) is 2.84. The van der Waals surface area contributed by atoms with E-state index in [0.717, 1.165) is 12.8 Å². The van der Waals surface area contributed by atoms with Gasteiger partial charge in [-0.3, -0.25) is 0 Å². The van der Waals surface area contributed by atoms with Crippen LogP contribution in [-0.4, -0.2) is 10.2 Å². The van der Waals surface area contributed by atoms with Crippen LogP contribution in [0, 0.1) is 0 Å². The van der Waals surface area contributed by atoms with Gasteiger partial charge in [0.05, 0.1) is 0 Å². The second kappa shape index (κ2) is 6.82. The van der Waals surface area contributed by atoms with Gasteiger partial charge in [0.2, 0.25) is 0 Å². The van der Waals surface area contributed by atoms with Crippen LogP contribution in [0.1, 0.15) is 44.6 Å². The number of fused-ring (bicyclic) bond motifs is 2. The Bertz CT molecular complexity index is 694. The van der Waals surface area contributed by atoms with Crippen molar-refractivity contribution >= 4 is 0 Å². The number of aromatic hydroxyl groups is 2. The molecule has 3 rings (SSSR count). The molecule has 2 aromatic carbocycles. The minimum Gasteiger partial charge on any atom is -0.504 e. The van der Waals surface area contributed by atoms with Crippen molar-refractivity contribution in [3.8, 4) is 34.5 Å². The van der Waals surface area contributed by atoms with E-state index < -0.39 is 0 Å². The van der Waals surface area contributed by atoms with Crippen LogP contribution >= 0.6 is 0 Å². The van der Waals surface area contributed by atoms with E-state index in [-0.39, 0.29) is 11.5 Å². The molecule has 4 nitrogen and oxygen atoms in total. The molecule has 1 aliphatic heterocycles. The van der Waals surface area contributed by atoms with Gasteiger partial charge in [-0.15, -0.1) is 0 Å². The summed E-state index contributed by atoms with van der Waals surface area (Å²) in [6, 6.07) is 8.78. The number of rotatable bonds is 6. The van der Waals surface area contributed by atoms with Gasteiger partial charge in [-0.05, 0) is 25.0 Å². The molecular formula is C19H22O4. The van der Waals surface area contributed by atoms with E-state index in [2.05, 4.69) is 6.92 Å². The maximum Gasteiger partial charge on any atom is 0.177 e. The summed E-state index contributed by atoms with van der Waals surface area (Å²) < 4.78 is 11.7. The number of phenolic OH excluding ortho intramolecular Hbond substituents is 2. The zero-order valence-corrected chi connectivity index (χ0v) is 13.3. The van der Waals surface area contributed by atoms with Crippen molar-refractivity contribution in [3.05, 3.63) is 35.9 Å². The maximum absolute atomic E-state index is 10.2. The van der Waals surface area contributed by atoms with Crippen molar-refractivity contribution in [2.45, 2.75) is 45.4 Å². The number of phenols is 2. The van der Waals surface area contributed by atoms with Crippen LogP contribution in [0.15, 0.2) is 30.3 Å². The van der Waals surface area contributed by atoms with Gasteiger partial charge in [-0.2, -0.15) is 0 Å². The average Bonchev–Trinajstić information content (AvgIpc) is 2.56. The molecule has 0 atom stereocenters. The number of hydrogen-bond acceptors (Lipinski definition) is 4. The SMILES string of the molecule is CCCCCCCc1c(O)c(O)cc2c1Oc1ccccc1O2. The molecule has 23 heavy (non-hydrogen) atoms. The van der Waals surface area contributed by atoms with Gasteiger partial charge >= 0.3 is 0 Å². The summed E-state index contributed by atoms with van der Waals surface area (Å²) >= 11 is 0. The number of benzene rings is 2. The molecule has 1 heterocycles. The molecule has 0 spiro atoms. The fraction of sp³-hybridized carbons (Fsp3) is 0.368. The van der Waals surface area contributed by atoms with Crippen LogP contribution in [0.4, 0.5) is 0 Å². The summed E-state index contributed by atoms with van der Waals surface area (Å²) in [7, 11) is 0. The Hall–Kier alpha value is -2.36. The largest absolute Gasteiger partial charge is 0.504 e. The van der Waals surface area contributed by atoms with Crippen molar-refractivity contribution in [1.29, 1.82) is 0 Å². The first-order valence-corrected chi connectivity index (χ1v) is 8.23. The monoisotopic (exact) mass is 314 g/mol. The summed E-state index contributed by atoms with van der Waals surface area (Å²) in [5.74, 6) is 1.91. The number of para-hydroxylation sites is 2. The molecule has 0 bridgehead atoms. The minimum absolute atomic E-state index is 0.109. The second-order valence-corrected chi connectivity index (χ2v) is 5.87. The van der Waals surface area contributed by atoms with Crippen molar-refractivity contribution in [3.63, 3.8) is 0 Å². The van der Waals surface area contributed by atoms with E-state index in [0.29, 0.717) is 35.0 Å². The van der Waals surface area contributed by atoms with Gasteiger partial charge in [0.1, 0.15) is 0 Å². The minimum atomic E-state index is -0.171. The highest BCUT2D eigenvalue weighted by Crippen LogP contribution is 2.52. The molecule has 0 fully saturated rings. The first-order chi connectivity index (χ1) is 11.2. The third kappa shape index (κ3) is 3.21. The zero-order valence-electron chi connectivity index (χ0n) is 13.3. The molecule has 1 aliphatic rings. The number of unbranched alkanes of at least 4 members (excludes halogenated alkanes) is 4. The van der Waals surface area contributed by atoms with Gasteiger partial charge in [-0.1, -0.05) is 44.7 Å². The van der Waals surface area contributed by atoms with Gasteiger partial charge < -0.3 is 19.7 Å². The Morgan fingerprint density at radius 3 is 2.30 bits per heavy atom. The van der Waals surface area contributed by atoms with Gasteiger partial charge in [0.25, 0.3) is 0 Å². The van der Waals surface area contributed by atoms with Gasteiger partial charge in [0, 0.05) is 11.6 Å². The maximum atomic E-state index is 10.2. The van der Waals surface area contributed by atoms with E-state index >= 15 is 0 Å². The van der Waals surface area contributed by atoms with Crippen LogP contribution < -0.4 is 9.47 Å². The van der Waals surface area contributed by atoms with Crippen LogP contribution in [0.5, 0.6) is 34.5 Å². The topological polar surface area (TPSA) is 58.9 Å². The third-order valence-corrected chi connectivity index (χ3v) is 4.11. The van der Waals surface area contributed by atoms with Gasteiger partial charge in [-0.25, -0.2) is 0 Å². The Balaban J connectivity index is 1.84. The lowest BCUT2D eigenvalue weighted by Crippen LogP contribution is -2.02. The molecule has 0 aromatic heterocycles. The van der Waals surface area contributed by atoms with Crippen LogP contribution in [0.2, 0.25) is 0 Å². The standard InChI is InChI=1S/C19H22O4/c1-2-3-4-5-6-9-13-18(21)14(20)12-17-19(13)23-16-11-8-7-10-15(16)22-17/h7-8,10-12,20-21H,2-6,9H2,1H3. The molecule has 2 aromatic rings. The molecule has 0 aliphatic carbocycles. The van der Waals surface area contributed by atoms with E-state index in [9.17, 15) is 10.2 Å². The molecular weight excluding hydrogens is 292 g/mol. The predicted octanol–water partition coefficient (Wildman–Crippen LogP) is 5.51. The Kier molecular flexibility index (Phi) is 4.60. The highest BCUT2D eigenvalue weighted by molar-refractivity contribution is 5.64. The summed E-state index contributed by atoms with van der Waals surface area (Å²) in [5.41, 5.74) is 0.617. The number of ether oxygens (including phenoxy) is 2. The summed E-state index contributed by atoms with van der Waals surface area (Å²) in [6.07, 6.45) is 6.28. The van der Waals surface area contributed by atoms with Crippen LogP contribution in [0.25, 0.3) is 0 Å². The smallest absolute Gasteiger partial charge is 0.177 e. The first kappa shape index (κ1) is 15.5. The average molecular weight is 314 g/mol. The molecule has 2 N–H and O–H groups in total. The van der Waals surface area contributed by atoms with Crippen molar-refractivity contribution in [2.75, 3.05) is 0 Å². The Morgan fingerprint density at radius 1 is 0.870 bits per heavy atom. The summed E-state index contributed by atoms with van der Waals surface area (Å²) in [5, 5.41) is 20.2.